The SMILES string of the molecule is COCc1cnc(C(=O)NCc2ccccc2)c(C(=O)O)c1. The number of carbonyl (C=O) groups is 2. The van der Waals surface area contributed by atoms with Crippen LogP contribution >= 0.6 is 0 Å². The molecule has 0 spiro atoms. The zero-order chi connectivity index (χ0) is 15.9. The van der Waals surface area contributed by atoms with E-state index in [1.165, 1.54) is 19.4 Å². The number of ether oxygens (including phenoxy) is 1. The lowest BCUT2D eigenvalue weighted by Crippen LogP contribution is -2.26. The summed E-state index contributed by atoms with van der Waals surface area (Å²) >= 11 is 0. The number of pyridine rings is 1. The van der Waals surface area contributed by atoms with Gasteiger partial charge in [-0.25, -0.2) is 9.78 Å². The molecule has 6 heteroatoms. The largest absolute Gasteiger partial charge is 0.478 e. The molecular formula is C16H16N2O4. The van der Waals surface area contributed by atoms with E-state index in [2.05, 4.69) is 10.3 Å². The molecule has 0 radical (unpaired) electrons. The Balaban J connectivity index is 2.16. The van der Waals surface area contributed by atoms with Crippen molar-refractivity contribution in [2.24, 2.45) is 0 Å². The maximum atomic E-state index is 12.1. The summed E-state index contributed by atoms with van der Waals surface area (Å²) in [6, 6.07) is 10.7. The number of hydrogen-bond acceptors (Lipinski definition) is 4. The van der Waals surface area contributed by atoms with Crippen molar-refractivity contribution in [3.8, 4) is 0 Å². The predicted molar refractivity (Wildman–Crippen MR) is 79.5 cm³/mol. The van der Waals surface area contributed by atoms with Crippen molar-refractivity contribution in [2.75, 3.05) is 7.11 Å². The molecule has 0 fully saturated rings. The first-order chi connectivity index (χ1) is 10.6. The predicted octanol–water partition coefficient (Wildman–Crippen LogP) is 1.86. The molecule has 0 aliphatic heterocycles. The summed E-state index contributed by atoms with van der Waals surface area (Å²) in [6.07, 6.45) is 1.44. The van der Waals surface area contributed by atoms with E-state index >= 15 is 0 Å². The van der Waals surface area contributed by atoms with Crippen molar-refractivity contribution in [2.45, 2.75) is 13.2 Å². The molecule has 0 saturated carbocycles. The van der Waals surface area contributed by atoms with Crippen molar-refractivity contribution in [1.82, 2.24) is 10.3 Å². The van der Waals surface area contributed by atoms with E-state index in [0.717, 1.165) is 5.56 Å². The highest BCUT2D eigenvalue weighted by molar-refractivity contribution is 6.03. The maximum absolute atomic E-state index is 12.1. The van der Waals surface area contributed by atoms with Crippen LogP contribution in [0.25, 0.3) is 0 Å². The standard InChI is InChI=1S/C16H16N2O4/c1-22-10-12-7-13(16(20)21)14(17-9-12)15(19)18-8-11-5-3-2-4-6-11/h2-7,9H,8,10H2,1H3,(H,18,19)(H,20,21). The van der Waals surface area contributed by atoms with Crippen molar-refractivity contribution in [3.63, 3.8) is 0 Å². The molecule has 1 amide bonds. The molecule has 1 aromatic carbocycles. The summed E-state index contributed by atoms with van der Waals surface area (Å²) in [4.78, 5) is 27.4. The second-order valence-corrected chi connectivity index (χ2v) is 4.65. The van der Waals surface area contributed by atoms with Crippen LogP contribution < -0.4 is 5.32 Å². The number of amides is 1. The molecule has 6 nitrogen and oxygen atoms in total. The Morgan fingerprint density at radius 1 is 1.23 bits per heavy atom. The lowest BCUT2D eigenvalue weighted by molar-refractivity contribution is 0.0689. The van der Waals surface area contributed by atoms with Crippen molar-refractivity contribution in [3.05, 3.63) is 65.0 Å². The smallest absolute Gasteiger partial charge is 0.338 e. The van der Waals surface area contributed by atoms with E-state index in [0.29, 0.717) is 12.1 Å². The number of rotatable bonds is 6. The highest BCUT2D eigenvalue weighted by Crippen LogP contribution is 2.11. The van der Waals surface area contributed by atoms with E-state index < -0.39 is 11.9 Å². The van der Waals surface area contributed by atoms with Gasteiger partial charge in [0.25, 0.3) is 5.91 Å². The summed E-state index contributed by atoms with van der Waals surface area (Å²) in [6.45, 7) is 0.541. The van der Waals surface area contributed by atoms with Crippen LogP contribution in [0.5, 0.6) is 0 Å². The molecule has 2 rings (SSSR count). The molecule has 22 heavy (non-hydrogen) atoms. The van der Waals surface area contributed by atoms with Crippen molar-refractivity contribution < 1.29 is 19.4 Å². The van der Waals surface area contributed by atoms with Gasteiger partial charge in [0, 0.05) is 19.9 Å². The van der Waals surface area contributed by atoms with Gasteiger partial charge in [0.05, 0.1) is 12.2 Å². The zero-order valence-corrected chi connectivity index (χ0v) is 12.1. The number of nitrogens with zero attached hydrogens (tertiary/aromatic N) is 1. The molecule has 0 aliphatic carbocycles. The number of carbonyl (C=O) groups excluding carboxylic acids is 1. The first-order valence-corrected chi connectivity index (χ1v) is 6.65. The van der Waals surface area contributed by atoms with Crippen molar-refractivity contribution >= 4 is 11.9 Å². The third-order valence-electron chi connectivity index (χ3n) is 3.00. The minimum absolute atomic E-state index is 0.108. The fraction of sp³-hybridized carbons (Fsp3) is 0.188. The monoisotopic (exact) mass is 300 g/mol. The maximum Gasteiger partial charge on any atom is 0.338 e. The third kappa shape index (κ3) is 3.89. The highest BCUT2D eigenvalue weighted by Gasteiger charge is 2.18. The van der Waals surface area contributed by atoms with E-state index in [-0.39, 0.29) is 17.9 Å². The Hall–Kier alpha value is -2.73. The van der Waals surface area contributed by atoms with Gasteiger partial charge in [0.2, 0.25) is 0 Å². The highest BCUT2D eigenvalue weighted by atomic mass is 16.5. The number of aromatic carboxylic acids is 1. The Labute approximate surface area is 127 Å². The molecule has 1 heterocycles. The van der Waals surface area contributed by atoms with Gasteiger partial charge in [-0.3, -0.25) is 4.79 Å². The van der Waals surface area contributed by atoms with Crippen LogP contribution in [-0.4, -0.2) is 29.1 Å². The minimum Gasteiger partial charge on any atom is -0.478 e. The molecule has 114 valence electrons. The van der Waals surface area contributed by atoms with E-state index in [1.807, 2.05) is 30.3 Å². The second kappa shape index (κ2) is 7.33. The van der Waals surface area contributed by atoms with Crippen LogP contribution in [0, 0.1) is 0 Å². The Morgan fingerprint density at radius 2 is 1.95 bits per heavy atom. The van der Waals surface area contributed by atoms with E-state index in [1.54, 1.807) is 0 Å². The zero-order valence-electron chi connectivity index (χ0n) is 12.1. The van der Waals surface area contributed by atoms with Gasteiger partial charge in [-0.05, 0) is 17.2 Å². The van der Waals surface area contributed by atoms with Gasteiger partial charge >= 0.3 is 5.97 Å². The first-order valence-electron chi connectivity index (χ1n) is 6.65. The molecular weight excluding hydrogens is 284 g/mol. The number of carboxylic acid groups (broad SMARTS) is 1. The molecule has 0 atom stereocenters. The molecule has 0 bridgehead atoms. The lowest BCUT2D eigenvalue weighted by atomic mass is 10.1. The molecule has 0 unspecified atom stereocenters. The topological polar surface area (TPSA) is 88.5 Å². The average Bonchev–Trinajstić information content (AvgIpc) is 2.54. The van der Waals surface area contributed by atoms with Crippen LogP contribution in [0.3, 0.4) is 0 Å². The van der Waals surface area contributed by atoms with Gasteiger partial charge in [-0.15, -0.1) is 0 Å². The summed E-state index contributed by atoms with van der Waals surface area (Å²) < 4.78 is 4.93. The summed E-state index contributed by atoms with van der Waals surface area (Å²) in [7, 11) is 1.50. The lowest BCUT2D eigenvalue weighted by Gasteiger charge is -2.09. The van der Waals surface area contributed by atoms with Gasteiger partial charge in [-0.1, -0.05) is 30.3 Å². The van der Waals surface area contributed by atoms with Gasteiger partial charge < -0.3 is 15.2 Å². The normalized spacial score (nSPS) is 10.2. The van der Waals surface area contributed by atoms with Crippen molar-refractivity contribution in [1.29, 1.82) is 0 Å². The van der Waals surface area contributed by atoms with Gasteiger partial charge in [0.15, 0.2) is 0 Å². The molecule has 0 aliphatic rings. The Kier molecular flexibility index (Phi) is 5.21. The van der Waals surface area contributed by atoms with Crippen LogP contribution in [0.1, 0.15) is 32.0 Å². The number of nitrogens with one attached hydrogen (secondary N) is 1. The van der Waals surface area contributed by atoms with Gasteiger partial charge in [-0.2, -0.15) is 0 Å². The second-order valence-electron chi connectivity index (χ2n) is 4.65. The van der Waals surface area contributed by atoms with Crippen LogP contribution in [0.15, 0.2) is 42.6 Å². The van der Waals surface area contributed by atoms with Crippen LogP contribution in [0.2, 0.25) is 0 Å². The van der Waals surface area contributed by atoms with E-state index in [9.17, 15) is 14.7 Å². The van der Waals surface area contributed by atoms with Crippen LogP contribution in [0.4, 0.5) is 0 Å². The molecule has 0 saturated heterocycles. The Morgan fingerprint density at radius 3 is 2.59 bits per heavy atom. The average molecular weight is 300 g/mol. The number of aromatic nitrogens is 1. The fourth-order valence-corrected chi connectivity index (χ4v) is 1.96. The fourth-order valence-electron chi connectivity index (χ4n) is 1.96. The molecule has 2 N–H and O–H groups in total. The first kappa shape index (κ1) is 15.7. The number of carboxylic acids is 1. The summed E-state index contributed by atoms with van der Waals surface area (Å²) in [5.41, 5.74) is 1.27. The van der Waals surface area contributed by atoms with Gasteiger partial charge in [0.1, 0.15) is 5.69 Å². The molecule has 1 aromatic heterocycles. The number of methoxy groups -OCH3 is 1. The quantitative estimate of drug-likeness (QED) is 0.850. The minimum atomic E-state index is -1.20. The Bertz CT molecular complexity index is 671. The van der Waals surface area contributed by atoms with E-state index in [4.69, 9.17) is 4.74 Å². The summed E-state index contributed by atoms with van der Waals surface area (Å²) in [5, 5.41) is 11.9. The number of benzene rings is 1. The third-order valence-corrected chi connectivity index (χ3v) is 3.00. The summed E-state index contributed by atoms with van der Waals surface area (Å²) in [5.74, 6) is -1.72. The molecule has 2 aromatic rings. The number of hydrogen-bond donors (Lipinski definition) is 2. The van der Waals surface area contributed by atoms with Crippen LogP contribution in [-0.2, 0) is 17.9 Å².